The van der Waals surface area contributed by atoms with Crippen LogP contribution in [0.25, 0.3) is 22.3 Å². The van der Waals surface area contributed by atoms with Gasteiger partial charge in [0.15, 0.2) is 0 Å². The lowest BCUT2D eigenvalue weighted by Gasteiger charge is -2.36. The number of rotatable bonds is 5. The molecule has 0 unspecified atom stereocenters. The monoisotopic (exact) mass is 403 g/mol. The number of pyridine rings is 1. The zero-order valence-electron chi connectivity index (χ0n) is 16.5. The molecule has 0 amide bonds. The molecule has 3 N–H and O–H groups in total. The Labute approximate surface area is 172 Å². The molecule has 1 saturated carbocycles. The number of nitrogens with two attached hydrogens (primary N) is 1. The van der Waals surface area contributed by atoms with Crippen LogP contribution in [-0.2, 0) is 12.1 Å². The molecule has 1 aliphatic rings. The molecular formula is C21H21N7O2. The summed E-state index contributed by atoms with van der Waals surface area (Å²) in [6.45, 7) is 0.429. The Kier molecular flexibility index (Phi) is 4.32. The summed E-state index contributed by atoms with van der Waals surface area (Å²) in [6.07, 6.45) is 4.33. The van der Waals surface area contributed by atoms with Crippen molar-refractivity contribution < 1.29 is 9.84 Å². The summed E-state index contributed by atoms with van der Waals surface area (Å²) in [4.78, 5) is 13.3. The van der Waals surface area contributed by atoms with Gasteiger partial charge in [0, 0.05) is 5.39 Å². The van der Waals surface area contributed by atoms with Gasteiger partial charge in [-0.3, -0.25) is 4.98 Å². The van der Waals surface area contributed by atoms with Gasteiger partial charge in [0.05, 0.1) is 31.2 Å². The minimum absolute atomic E-state index is 0.139. The number of fused-ring (bicyclic) bond motifs is 1. The van der Waals surface area contributed by atoms with Crippen molar-refractivity contribution in [1.82, 2.24) is 29.9 Å². The van der Waals surface area contributed by atoms with Crippen LogP contribution in [0.2, 0.25) is 0 Å². The van der Waals surface area contributed by atoms with Gasteiger partial charge in [0.1, 0.15) is 28.3 Å². The van der Waals surface area contributed by atoms with E-state index in [-0.39, 0.29) is 5.95 Å². The minimum atomic E-state index is -0.792. The summed E-state index contributed by atoms with van der Waals surface area (Å²) in [6, 6.07) is 11.3. The highest BCUT2D eigenvalue weighted by molar-refractivity contribution is 5.95. The van der Waals surface area contributed by atoms with Crippen LogP contribution in [0.5, 0.6) is 5.75 Å². The van der Waals surface area contributed by atoms with E-state index in [0.29, 0.717) is 34.9 Å². The number of nitrogens with zero attached hydrogens (tertiary/aromatic N) is 6. The van der Waals surface area contributed by atoms with Gasteiger partial charge >= 0.3 is 0 Å². The van der Waals surface area contributed by atoms with Crippen molar-refractivity contribution in [3.63, 3.8) is 0 Å². The molecule has 0 aliphatic heterocycles. The van der Waals surface area contributed by atoms with E-state index < -0.39 is 5.60 Å². The van der Waals surface area contributed by atoms with Crippen LogP contribution in [0.15, 0.2) is 42.6 Å². The molecule has 0 radical (unpaired) electrons. The number of anilines is 1. The van der Waals surface area contributed by atoms with Gasteiger partial charge in [-0.05, 0) is 37.5 Å². The van der Waals surface area contributed by atoms with Crippen LogP contribution in [0.3, 0.4) is 0 Å². The molecule has 1 aliphatic carbocycles. The fraction of sp³-hybridized carbons (Fsp3) is 0.286. The second-order valence-electron chi connectivity index (χ2n) is 7.49. The predicted octanol–water partition coefficient (Wildman–Crippen LogP) is 2.29. The summed E-state index contributed by atoms with van der Waals surface area (Å²) < 4.78 is 7.09. The Morgan fingerprint density at radius 3 is 2.73 bits per heavy atom. The molecule has 0 spiro atoms. The third-order valence-corrected chi connectivity index (χ3v) is 5.50. The molecule has 30 heavy (non-hydrogen) atoms. The van der Waals surface area contributed by atoms with E-state index in [4.69, 9.17) is 10.5 Å². The van der Waals surface area contributed by atoms with Gasteiger partial charge in [-0.25, -0.2) is 14.6 Å². The standard InChI is InChI=1S/C21H21N7O2/c1-30-16-7-3-6-14-18(24-20(22)25-19(14)16)15-12-28(27-26-15)11-13-5-2-8-17(23-13)21(29)9-4-10-21/h2-3,5-8,12,29H,4,9-11H2,1H3,(H2,22,24,25). The molecule has 1 aromatic carbocycles. The Balaban J connectivity index is 1.48. The van der Waals surface area contributed by atoms with Crippen LogP contribution in [0.1, 0.15) is 30.7 Å². The second-order valence-corrected chi connectivity index (χ2v) is 7.49. The number of hydrogen-bond acceptors (Lipinski definition) is 8. The van der Waals surface area contributed by atoms with Crippen molar-refractivity contribution in [2.75, 3.05) is 12.8 Å². The Bertz CT molecular complexity index is 1230. The zero-order chi connectivity index (χ0) is 20.7. The lowest BCUT2D eigenvalue weighted by Crippen LogP contribution is -2.34. The zero-order valence-corrected chi connectivity index (χ0v) is 16.5. The molecule has 1 fully saturated rings. The van der Waals surface area contributed by atoms with Gasteiger partial charge in [-0.15, -0.1) is 5.10 Å². The van der Waals surface area contributed by atoms with E-state index >= 15 is 0 Å². The molecule has 3 heterocycles. The number of para-hydroxylation sites is 1. The van der Waals surface area contributed by atoms with E-state index in [1.165, 1.54) is 0 Å². The molecular weight excluding hydrogens is 382 g/mol. The fourth-order valence-electron chi connectivity index (χ4n) is 3.75. The van der Waals surface area contributed by atoms with E-state index in [1.807, 2.05) is 36.4 Å². The summed E-state index contributed by atoms with van der Waals surface area (Å²) >= 11 is 0. The largest absolute Gasteiger partial charge is 0.494 e. The van der Waals surface area contributed by atoms with Crippen LogP contribution in [0, 0.1) is 0 Å². The summed E-state index contributed by atoms with van der Waals surface area (Å²) in [5, 5.41) is 19.8. The van der Waals surface area contributed by atoms with Crippen molar-refractivity contribution in [2.45, 2.75) is 31.4 Å². The van der Waals surface area contributed by atoms with Crippen LogP contribution < -0.4 is 10.5 Å². The highest BCUT2D eigenvalue weighted by Gasteiger charge is 2.37. The smallest absolute Gasteiger partial charge is 0.221 e. The first-order valence-electron chi connectivity index (χ1n) is 9.75. The topological polar surface area (TPSA) is 125 Å². The molecule has 9 heteroatoms. The normalized spacial score (nSPS) is 15.1. The lowest BCUT2D eigenvalue weighted by molar-refractivity contribution is -0.0427. The summed E-state index contributed by atoms with van der Waals surface area (Å²) in [5.74, 6) is 0.754. The SMILES string of the molecule is COc1cccc2c(-c3cn(Cc4cccc(C5(O)CCC5)n4)nn3)nc(N)nc12. The molecule has 5 rings (SSSR count). The molecule has 0 bridgehead atoms. The number of methoxy groups -OCH3 is 1. The maximum absolute atomic E-state index is 10.6. The fourth-order valence-corrected chi connectivity index (χ4v) is 3.75. The molecule has 0 saturated heterocycles. The van der Waals surface area contributed by atoms with Crippen LogP contribution in [-0.4, -0.2) is 42.2 Å². The first kappa shape index (κ1) is 18.4. The second kappa shape index (κ2) is 7.03. The van der Waals surface area contributed by atoms with Crippen molar-refractivity contribution in [1.29, 1.82) is 0 Å². The van der Waals surface area contributed by atoms with E-state index in [9.17, 15) is 5.11 Å². The summed E-state index contributed by atoms with van der Waals surface area (Å²) in [7, 11) is 1.59. The average molecular weight is 403 g/mol. The molecule has 9 nitrogen and oxygen atoms in total. The maximum Gasteiger partial charge on any atom is 0.221 e. The Hall–Kier alpha value is -3.59. The Morgan fingerprint density at radius 1 is 1.13 bits per heavy atom. The van der Waals surface area contributed by atoms with Gasteiger partial charge in [-0.1, -0.05) is 23.4 Å². The molecule has 4 aromatic rings. The van der Waals surface area contributed by atoms with Crippen molar-refractivity contribution >= 4 is 16.9 Å². The number of ether oxygens (including phenoxy) is 1. The van der Waals surface area contributed by atoms with Gasteiger partial charge in [0.25, 0.3) is 0 Å². The van der Waals surface area contributed by atoms with E-state index in [1.54, 1.807) is 18.0 Å². The van der Waals surface area contributed by atoms with Crippen molar-refractivity contribution in [3.8, 4) is 17.1 Å². The first-order valence-corrected chi connectivity index (χ1v) is 9.75. The third-order valence-electron chi connectivity index (χ3n) is 5.50. The van der Waals surface area contributed by atoms with Crippen LogP contribution in [0.4, 0.5) is 5.95 Å². The predicted molar refractivity (Wildman–Crippen MR) is 111 cm³/mol. The van der Waals surface area contributed by atoms with Gasteiger partial charge < -0.3 is 15.6 Å². The number of nitrogen functional groups attached to an aromatic ring is 1. The van der Waals surface area contributed by atoms with E-state index in [0.717, 1.165) is 30.3 Å². The molecule has 152 valence electrons. The quantitative estimate of drug-likeness (QED) is 0.520. The number of aromatic nitrogens is 6. The van der Waals surface area contributed by atoms with E-state index in [2.05, 4.69) is 25.3 Å². The first-order chi connectivity index (χ1) is 14.6. The minimum Gasteiger partial charge on any atom is -0.494 e. The van der Waals surface area contributed by atoms with Crippen molar-refractivity contribution in [2.24, 2.45) is 0 Å². The van der Waals surface area contributed by atoms with Crippen molar-refractivity contribution in [3.05, 3.63) is 54.0 Å². The summed E-state index contributed by atoms with van der Waals surface area (Å²) in [5.41, 5.74) is 8.45. The number of benzene rings is 1. The Morgan fingerprint density at radius 2 is 1.97 bits per heavy atom. The van der Waals surface area contributed by atoms with Gasteiger partial charge in [0.2, 0.25) is 5.95 Å². The highest BCUT2D eigenvalue weighted by atomic mass is 16.5. The molecule has 3 aromatic heterocycles. The lowest BCUT2D eigenvalue weighted by atomic mass is 9.77. The number of hydrogen-bond donors (Lipinski definition) is 2. The maximum atomic E-state index is 10.6. The number of aliphatic hydroxyl groups is 1. The molecule has 0 atom stereocenters. The average Bonchev–Trinajstić information content (AvgIpc) is 3.19. The van der Waals surface area contributed by atoms with Gasteiger partial charge in [-0.2, -0.15) is 0 Å². The highest BCUT2D eigenvalue weighted by Crippen LogP contribution is 2.40. The third kappa shape index (κ3) is 3.13. The van der Waals surface area contributed by atoms with Crippen LogP contribution >= 0.6 is 0 Å².